The van der Waals surface area contributed by atoms with Crippen LogP contribution in [0, 0.1) is 0 Å². The minimum absolute atomic E-state index is 0.0231. The second-order valence-electron chi connectivity index (χ2n) is 9.25. The van der Waals surface area contributed by atoms with E-state index in [1.807, 2.05) is 43.9 Å². The summed E-state index contributed by atoms with van der Waals surface area (Å²) < 4.78 is 11.8. The third-order valence-electron chi connectivity index (χ3n) is 5.83. The van der Waals surface area contributed by atoms with Gasteiger partial charge in [0.05, 0.1) is 25.3 Å². The van der Waals surface area contributed by atoms with Gasteiger partial charge in [-0.15, -0.1) is 0 Å². The number of nitrogens with zero attached hydrogens (tertiary/aromatic N) is 2. The van der Waals surface area contributed by atoms with Gasteiger partial charge in [-0.05, 0) is 43.9 Å². The van der Waals surface area contributed by atoms with Gasteiger partial charge in [-0.2, -0.15) is 0 Å². The van der Waals surface area contributed by atoms with Crippen LogP contribution in [0.5, 0.6) is 0 Å². The number of benzene rings is 2. The van der Waals surface area contributed by atoms with Crippen molar-refractivity contribution < 1.29 is 14.3 Å². The first-order valence-corrected chi connectivity index (χ1v) is 10.8. The van der Waals surface area contributed by atoms with E-state index in [-0.39, 0.29) is 18.2 Å². The predicted molar refractivity (Wildman–Crippen MR) is 117 cm³/mol. The lowest BCUT2D eigenvalue weighted by Gasteiger charge is -2.48. The summed E-state index contributed by atoms with van der Waals surface area (Å²) in [6, 6.07) is 18.9. The Bertz CT molecular complexity index is 862. The minimum Gasteiger partial charge on any atom is -0.444 e. The topological polar surface area (TPSA) is 42.0 Å². The van der Waals surface area contributed by atoms with Crippen LogP contribution in [0.25, 0.3) is 0 Å². The van der Waals surface area contributed by atoms with Crippen LogP contribution in [0.15, 0.2) is 54.6 Å². The molecule has 2 aliphatic heterocycles. The molecule has 0 radical (unpaired) electrons. The summed E-state index contributed by atoms with van der Waals surface area (Å²) in [6.07, 6.45) is 0.801. The van der Waals surface area contributed by atoms with Gasteiger partial charge in [0.15, 0.2) is 0 Å². The molecule has 2 atom stereocenters. The molecular formula is C25H32N2O3. The van der Waals surface area contributed by atoms with Crippen molar-refractivity contribution in [1.29, 1.82) is 0 Å². The SMILES string of the molecule is CC(C)(C)OC(=O)N1C[C@H]2c3ccccc3CCN2C[C@@H]1COCc1ccccc1. The molecule has 30 heavy (non-hydrogen) atoms. The predicted octanol–water partition coefficient (Wildman–Crippen LogP) is 4.42. The van der Waals surface area contributed by atoms with E-state index in [9.17, 15) is 4.79 Å². The number of hydrogen-bond acceptors (Lipinski definition) is 4. The molecule has 5 heteroatoms. The van der Waals surface area contributed by atoms with Crippen LogP contribution in [0.2, 0.25) is 0 Å². The van der Waals surface area contributed by atoms with Gasteiger partial charge in [0.1, 0.15) is 5.60 Å². The Balaban J connectivity index is 1.50. The van der Waals surface area contributed by atoms with Crippen molar-refractivity contribution in [2.75, 3.05) is 26.2 Å². The van der Waals surface area contributed by atoms with Crippen molar-refractivity contribution in [3.63, 3.8) is 0 Å². The lowest BCUT2D eigenvalue weighted by Crippen LogP contribution is -2.59. The molecule has 2 heterocycles. The Hall–Kier alpha value is -2.37. The lowest BCUT2D eigenvalue weighted by atomic mass is 9.90. The summed E-state index contributed by atoms with van der Waals surface area (Å²) in [5.41, 5.74) is 3.35. The van der Waals surface area contributed by atoms with Crippen LogP contribution in [-0.4, -0.2) is 53.8 Å². The number of rotatable bonds is 4. The summed E-state index contributed by atoms with van der Waals surface area (Å²) >= 11 is 0. The third-order valence-corrected chi connectivity index (χ3v) is 5.83. The Labute approximate surface area is 179 Å². The van der Waals surface area contributed by atoms with Crippen molar-refractivity contribution in [3.05, 3.63) is 71.3 Å². The number of hydrogen-bond donors (Lipinski definition) is 0. The van der Waals surface area contributed by atoms with Gasteiger partial charge in [0.2, 0.25) is 0 Å². The van der Waals surface area contributed by atoms with Crippen molar-refractivity contribution in [1.82, 2.24) is 9.80 Å². The van der Waals surface area contributed by atoms with E-state index in [1.54, 1.807) is 0 Å². The molecule has 0 unspecified atom stereocenters. The van der Waals surface area contributed by atoms with Crippen LogP contribution in [0.3, 0.4) is 0 Å². The van der Waals surface area contributed by atoms with Gasteiger partial charge < -0.3 is 9.47 Å². The zero-order valence-electron chi connectivity index (χ0n) is 18.2. The fraction of sp³-hybridized carbons (Fsp3) is 0.480. The first kappa shape index (κ1) is 20.9. The fourth-order valence-corrected chi connectivity index (χ4v) is 4.41. The number of piperazine rings is 1. The molecule has 1 amide bonds. The van der Waals surface area contributed by atoms with Gasteiger partial charge in [-0.3, -0.25) is 9.80 Å². The van der Waals surface area contributed by atoms with Crippen LogP contribution >= 0.6 is 0 Å². The molecular weight excluding hydrogens is 376 g/mol. The normalized spacial score (nSPS) is 21.6. The van der Waals surface area contributed by atoms with Gasteiger partial charge in [-0.25, -0.2) is 4.79 Å². The zero-order valence-corrected chi connectivity index (χ0v) is 18.2. The van der Waals surface area contributed by atoms with Gasteiger partial charge in [0.25, 0.3) is 0 Å². The fourth-order valence-electron chi connectivity index (χ4n) is 4.41. The molecule has 4 rings (SSSR count). The van der Waals surface area contributed by atoms with Crippen LogP contribution in [0.4, 0.5) is 4.79 Å². The number of carbonyl (C=O) groups is 1. The van der Waals surface area contributed by atoms with Crippen LogP contribution in [-0.2, 0) is 22.5 Å². The highest BCUT2D eigenvalue weighted by Gasteiger charge is 2.40. The molecule has 0 N–H and O–H groups in total. The maximum atomic E-state index is 13.1. The molecule has 2 aromatic carbocycles. The average molecular weight is 409 g/mol. The van der Waals surface area contributed by atoms with Crippen LogP contribution < -0.4 is 0 Å². The van der Waals surface area contributed by atoms with Gasteiger partial charge in [0, 0.05) is 19.6 Å². The molecule has 160 valence electrons. The van der Waals surface area contributed by atoms with E-state index >= 15 is 0 Å². The number of ether oxygens (including phenoxy) is 2. The highest BCUT2D eigenvalue weighted by molar-refractivity contribution is 5.69. The molecule has 0 aromatic heterocycles. The smallest absolute Gasteiger partial charge is 0.410 e. The lowest BCUT2D eigenvalue weighted by molar-refractivity contribution is -0.0418. The standard InChI is InChI=1S/C25H32N2O3/c1-25(2,3)30-24(28)27-16-23-22-12-8-7-11-20(22)13-14-26(23)15-21(27)18-29-17-19-9-5-4-6-10-19/h4-12,21,23H,13-18H2,1-3H3/t21-,23+/m1/s1. The Morgan fingerprint density at radius 1 is 1.03 bits per heavy atom. The number of fused-ring (bicyclic) bond motifs is 3. The van der Waals surface area contributed by atoms with E-state index in [0.717, 1.165) is 25.1 Å². The second kappa shape index (κ2) is 8.78. The maximum absolute atomic E-state index is 13.1. The minimum atomic E-state index is -0.520. The van der Waals surface area contributed by atoms with E-state index in [1.165, 1.54) is 11.1 Å². The van der Waals surface area contributed by atoms with Gasteiger partial charge >= 0.3 is 6.09 Å². The molecule has 5 nitrogen and oxygen atoms in total. The molecule has 1 saturated heterocycles. The van der Waals surface area contributed by atoms with Crippen molar-refractivity contribution in [3.8, 4) is 0 Å². The highest BCUT2D eigenvalue weighted by atomic mass is 16.6. The van der Waals surface area contributed by atoms with Crippen molar-refractivity contribution in [2.45, 2.75) is 51.5 Å². The molecule has 0 spiro atoms. The molecule has 0 saturated carbocycles. The molecule has 2 aliphatic rings. The Kier molecular flexibility index (Phi) is 6.11. The molecule has 0 aliphatic carbocycles. The third kappa shape index (κ3) is 4.85. The van der Waals surface area contributed by atoms with Crippen molar-refractivity contribution >= 4 is 6.09 Å². The number of carbonyl (C=O) groups excluding carboxylic acids is 1. The first-order valence-electron chi connectivity index (χ1n) is 10.8. The molecule has 2 aromatic rings. The average Bonchev–Trinajstić information content (AvgIpc) is 2.72. The number of amides is 1. The zero-order chi connectivity index (χ0) is 21.1. The Morgan fingerprint density at radius 3 is 2.53 bits per heavy atom. The monoisotopic (exact) mass is 408 g/mol. The van der Waals surface area contributed by atoms with E-state index < -0.39 is 5.60 Å². The molecule has 0 bridgehead atoms. The summed E-state index contributed by atoms with van der Waals surface area (Å²) in [4.78, 5) is 17.5. The van der Waals surface area contributed by atoms with Gasteiger partial charge in [-0.1, -0.05) is 54.6 Å². The quantitative estimate of drug-likeness (QED) is 0.751. The summed E-state index contributed by atoms with van der Waals surface area (Å²) in [5.74, 6) is 0. The Morgan fingerprint density at radius 2 is 1.77 bits per heavy atom. The summed E-state index contributed by atoms with van der Waals surface area (Å²) in [6.45, 7) is 9.23. The maximum Gasteiger partial charge on any atom is 0.410 e. The largest absolute Gasteiger partial charge is 0.444 e. The van der Waals surface area contributed by atoms with E-state index in [4.69, 9.17) is 9.47 Å². The van der Waals surface area contributed by atoms with E-state index in [2.05, 4.69) is 41.3 Å². The highest BCUT2D eigenvalue weighted by Crippen LogP contribution is 2.34. The first-order chi connectivity index (χ1) is 14.4. The van der Waals surface area contributed by atoms with Crippen LogP contribution in [0.1, 0.15) is 43.5 Å². The summed E-state index contributed by atoms with van der Waals surface area (Å²) in [7, 11) is 0. The second-order valence-corrected chi connectivity index (χ2v) is 9.25. The molecule has 1 fully saturated rings. The summed E-state index contributed by atoms with van der Waals surface area (Å²) in [5, 5.41) is 0. The van der Waals surface area contributed by atoms with Crippen molar-refractivity contribution in [2.24, 2.45) is 0 Å². The van der Waals surface area contributed by atoms with E-state index in [0.29, 0.717) is 19.8 Å².